The van der Waals surface area contributed by atoms with E-state index in [9.17, 15) is 9.59 Å². The fourth-order valence-electron chi connectivity index (χ4n) is 3.89. The first-order valence-corrected chi connectivity index (χ1v) is 12.0. The van der Waals surface area contributed by atoms with Crippen molar-refractivity contribution in [2.75, 3.05) is 11.9 Å². The van der Waals surface area contributed by atoms with Crippen LogP contribution in [0.3, 0.4) is 0 Å². The highest BCUT2D eigenvalue weighted by Crippen LogP contribution is 2.33. The maximum atomic E-state index is 13.0. The Morgan fingerprint density at radius 1 is 1.09 bits per heavy atom. The number of hydrogen-bond acceptors (Lipinski definition) is 7. The van der Waals surface area contributed by atoms with Gasteiger partial charge in [-0.3, -0.25) is 4.79 Å². The van der Waals surface area contributed by atoms with Crippen LogP contribution in [0.25, 0.3) is 21.7 Å². The third kappa shape index (κ3) is 4.72. The number of pyridine rings is 1. The largest absolute Gasteiger partial charge is 0.452 e. The summed E-state index contributed by atoms with van der Waals surface area (Å²) in [6, 6.07) is 11.5. The molecule has 1 amide bonds. The lowest BCUT2D eigenvalue weighted by Crippen LogP contribution is -2.23. The molecule has 8 heteroatoms. The van der Waals surface area contributed by atoms with Crippen LogP contribution < -0.4 is 5.32 Å². The molecular weight excluding hydrogens is 450 g/mol. The number of carbonyl (C=O) groups excluding carboxylic acids is 2. The maximum Gasteiger partial charge on any atom is 0.339 e. The predicted molar refractivity (Wildman–Crippen MR) is 133 cm³/mol. The Morgan fingerprint density at radius 3 is 2.41 bits per heavy atom. The Labute approximate surface area is 202 Å². The molecule has 1 aromatic carbocycles. The van der Waals surface area contributed by atoms with Gasteiger partial charge in [0.1, 0.15) is 0 Å². The number of aryl methyl sites for hydroxylation is 1. The number of aromatic nitrogens is 2. The molecule has 0 fully saturated rings. The smallest absolute Gasteiger partial charge is 0.339 e. The van der Waals surface area contributed by atoms with Crippen LogP contribution in [0, 0.1) is 6.92 Å². The second-order valence-corrected chi connectivity index (χ2v) is 9.67. The van der Waals surface area contributed by atoms with Crippen molar-refractivity contribution >= 4 is 40.0 Å². The first kappa shape index (κ1) is 23.6. The summed E-state index contributed by atoms with van der Waals surface area (Å²) in [5, 5.41) is 9.32. The number of para-hydroxylation sites is 1. The van der Waals surface area contributed by atoms with Crippen molar-refractivity contribution in [2.45, 2.75) is 46.5 Å². The fraction of sp³-hybridized carbons (Fsp3) is 0.308. The minimum atomic E-state index is -0.632. The molecule has 0 atom stereocenters. The van der Waals surface area contributed by atoms with Crippen molar-refractivity contribution in [2.24, 2.45) is 0 Å². The minimum Gasteiger partial charge on any atom is -0.452 e. The average molecular weight is 478 g/mol. The number of carbonyl (C=O) groups is 2. The average Bonchev–Trinajstić information content (AvgIpc) is 3.47. The molecule has 0 aliphatic rings. The summed E-state index contributed by atoms with van der Waals surface area (Å²) in [4.78, 5) is 31.2. The lowest BCUT2D eigenvalue weighted by Gasteiger charge is -2.20. The Kier molecular flexibility index (Phi) is 6.79. The van der Waals surface area contributed by atoms with Crippen molar-refractivity contribution in [3.05, 3.63) is 64.2 Å². The van der Waals surface area contributed by atoms with E-state index in [1.807, 2.05) is 35.7 Å². The second-order valence-electron chi connectivity index (χ2n) is 8.73. The van der Waals surface area contributed by atoms with Gasteiger partial charge in [0.2, 0.25) is 0 Å². The topological polar surface area (TPSA) is 94.3 Å². The van der Waals surface area contributed by atoms with Gasteiger partial charge in [-0.05, 0) is 47.4 Å². The highest BCUT2D eigenvalue weighted by Gasteiger charge is 2.22. The molecular formula is C26H27N3O4S. The van der Waals surface area contributed by atoms with Crippen molar-refractivity contribution < 1.29 is 18.8 Å². The summed E-state index contributed by atoms with van der Waals surface area (Å²) >= 11 is 1.50. The van der Waals surface area contributed by atoms with Crippen molar-refractivity contribution in [3.8, 4) is 10.6 Å². The monoisotopic (exact) mass is 477 g/mol. The van der Waals surface area contributed by atoms with Crippen LogP contribution in [0.15, 0.2) is 46.3 Å². The molecule has 0 unspecified atom stereocenters. The number of thiophene rings is 1. The molecule has 4 rings (SSSR count). The Hall–Kier alpha value is -3.52. The Balaban J connectivity index is 1.56. The summed E-state index contributed by atoms with van der Waals surface area (Å²) < 4.78 is 10.7. The van der Waals surface area contributed by atoms with Gasteiger partial charge >= 0.3 is 5.97 Å². The number of benzene rings is 1. The molecule has 34 heavy (non-hydrogen) atoms. The van der Waals surface area contributed by atoms with E-state index in [-0.39, 0.29) is 23.1 Å². The minimum absolute atomic E-state index is 0.230. The van der Waals surface area contributed by atoms with E-state index in [4.69, 9.17) is 9.26 Å². The zero-order chi connectivity index (χ0) is 24.4. The number of ether oxygens (including phenoxy) is 1. The third-order valence-corrected chi connectivity index (χ3v) is 6.47. The molecule has 0 saturated carbocycles. The highest BCUT2D eigenvalue weighted by atomic mass is 32.1. The van der Waals surface area contributed by atoms with Gasteiger partial charge in [-0.1, -0.05) is 57.1 Å². The summed E-state index contributed by atoms with van der Waals surface area (Å²) in [7, 11) is 0. The summed E-state index contributed by atoms with van der Waals surface area (Å²) in [6.45, 7) is 9.64. The van der Waals surface area contributed by atoms with Gasteiger partial charge in [-0.15, -0.1) is 11.3 Å². The molecule has 0 spiro atoms. The van der Waals surface area contributed by atoms with Crippen LogP contribution >= 0.6 is 11.3 Å². The van der Waals surface area contributed by atoms with Crippen LogP contribution in [0.2, 0.25) is 0 Å². The molecule has 4 aromatic rings. The molecule has 176 valence electrons. The Morgan fingerprint density at radius 2 is 1.79 bits per heavy atom. The van der Waals surface area contributed by atoms with Crippen molar-refractivity contribution in [1.82, 2.24) is 10.1 Å². The number of fused-ring (bicyclic) bond motifs is 1. The van der Waals surface area contributed by atoms with E-state index in [1.165, 1.54) is 11.3 Å². The van der Waals surface area contributed by atoms with Crippen LogP contribution in [0.1, 0.15) is 66.7 Å². The van der Waals surface area contributed by atoms with Crippen LogP contribution in [0.5, 0.6) is 0 Å². The number of amides is 1. The maximum absolute atomic E-state index is 13.0. The quantitative estimate of drug-likeness (QED) is 0.314. The number of esters is 1. The molecule has 7 nitrogen and oxygen atoms in total. The van der Waals surface area contributed by atoms with Gasteiger partial charge in [-0.2, -0.15) is 0 Å². The number of anilines is 1. The van der Waals surface area contributed by atoms with E-state index in [0.29, 0.717) is 16.8 Å². The molecule has 3 heterocycles. The first-order chi connectivity index (χ1) is 16.3. The summed E-state index contributed by atoms with van der Waals surface area (Å²) in [5.74, 6) is -0.565. The number of nitrogens with zero attached hydrogens (tertiary/aromatic N) is 2. The molecule has 0 saturated heterocycles. The molecule has 0 aliphatic heterocycles. The molecule has 0 bridgehead atoms. The predicted octanol–water partition coefficient (Wildman–Crippen LogP) is 6.30. The van der Waals surface area contributed by atoms with Gasteiger partial charge in [0, 0.05) is 5.69 Å². The van der Waals surface area contributed by atoms with E-state index in [0.717, 1.165) is 21.7 Å². The molecule has 0 aliphatic carbocycles. The van der Waals surface area contributed by atoms with E-state index in [2.05, 4.69) is 43.2 Å². The number of nitrogens with one attached hydrogen (secondary N) is 1. The first-order valence-electron chi connectivity index (χ1n) is 11.2. The third-order valence-electron chi connectivity index (χ3n) is 5.58. The van der Waals surface area contributed by atoms with Crippen molar-refractivity contribution in [1.29, 1.82) is 0 Å². The normalized spacial score (nSPS) is 11.4. The summed E-state index contributed by atoms with van der Waals surface area (Å²) in [6.07, 6.45) is 0. The van der Waals surface area contributed by atoms with Crippen molar-refractivity contribution in [3.63, 3.8) is 0 Å². The fourth-order valence-corrected chi connectivity index (χ4v) is 4.57. The SMILES string of the molecule is Cc1noc2nc(-c3cccs3)cc(C(=O)OCC(=O)Nc3c(C(C)C)cccc3C(C)C)c12. The number of hydrogen-bond donors (Lipinski definition) is 1. The van der Waals surface area contributed by atoms with E-state index >= 15 is 0 Å². The van der Waals surface area contributed by atoms with Gasteiger partial charge in [-0.25, -0.2) is 9.78 Å². The summed E-state index contributed by atoms with van der Waals surface area (Å²) in [5.41, 5.74) is 4.52. The standard InChI is InChI=1S/C26H27N3O4S/c1-14(2)17-8-6-9-18(15(3)4)24(17)28-22(30)13-32-26(31)19-12-20(21-10-7-11-34-21)27-25-23(19)16(5)29-33-25/h6-12,14-15H,13H2,1-5H3,(H,28,30). The zero-order valence-corrected chi connectivity index (χ0v) is 20.7. The zero-order valence-electron chi connectivity index (χ0n) is 19.8. The Bertz CT molecular complexity index is 1310. The number of rotatable bonds is 7. The van der Waals surface area contributed by atoms with Gasteiger partial charge < -0.3 is 14.6 Å². The molecule has 3 aromatic heterocycles. The highest BCUT2D eigenvalue weighted by molar-refractivity contribution is 7.13. The van der Waals surface area contributed by atoms with E-state index < -0.39 is 18.5 Å². The van der Waals surface area contributed by atoms with Crippen LogP contribution in [-0.4, -0.2) is 28.6 Å². The lowest BCUT2D eigenvalue weighted by atomic mass is 9.92. The van der Waals surface area contributed by atoms with Gasteiger partial charge in [0.25, 0.3) is 11.6 Å². The van der Waals surface area contributed by atoms with Gasteiger partial charge in [0.05, 0.1) is 27.2 Å². The molecule has 1 N–H and O–H groups in total. The molecule has 0 radical (unpaired) electrons. The van der Waals surface area contributed by atoms with Crippen LogP contribution in [-0.2, 0) is 9.53 Å². The second kappa shape index (κ2) is 9.77. The lowest BCUT2D eigenvalue weighted by molar-refractivity contribution is -0.119. The van der Waals surface area contributed by atoms with Crippen LogP contribution in [0.4, 0.5) is 5.69 Å². The van der Waals surface area contributed by atoms with Gasteiger partial charge in [0.15, 0.2) is 6.61 Å². The van der Waals surface area contributed by atoms with E-state index in [1.54, 1.807) is 13.0 Å².